The first-order valence-electron chi connectivity index (χ1n) is 5.31. The monoisotopic (exact) mass is 222 g/mol. The van der Waals surface area contributed by atoms with Crippen LogP contribution in [0.1, 0.15) is 0 Å². The Kier molecular flexibility index (Phi) is 2.38. The first-order chi connectivity index (χ1) is 8.43. The van der Waals surface area contributed by atoms with Gasteiger partial charge in [-0.25, -0.2) is 9.97 Å². The molecule has 2 heterocycles. The summed E-state index contributed by atoms with van der Waals surface area (Å²) in [6, 6.07) is 11.7. The maximum atomic E-state index is 4.30. The van der Waals surface area contributed by atoms with Gasteiger partial charge in [-0.3, -0.25) is 4.98 Å². The third-order valence-corrected chi connectivity index (χ3v) is 2.46. The average molecular weight is 222 g/mol. The van der Waals surface area contributed by atoms with E-state index in [9.17, 15) is 0 Å². The van der Waals surface area contributed by atoms with E-state index in [0.717, 1.165) is 16.6 Å². The summed E-state index contributed by atoms with van der Waals surface area (Å²) in [5, 5.41) is 4.24. The molecule has 0 aliphatic carbocycles. The highest BCUT2D eigenvalue weighted by molar-refractivity contribution is 5.92. The van der Waals surface area contributed by atoms with Crippen molar-refractivity contribution in [2.75, 3.05) is 5.32 Å². The zero-order chi connectivity index (χ0) is 11.5. The molecule has 0 aliphatic heterocycles. The van der Waals surface area contributed by atoms with E-state index in [1.165, 1.54) is 0 Å². The van der Waals surface area contributed by atoms with Crippen LogP contribution in [-0.4, -0.2) is 15.0 Å². The highest BCUT2D eigenvalue weighted by Gasteiger charge is 2.02. The molecule has 0 radical (unpaired) electrons. The Labute approximate surface area is 98.4 Å². The van der Waals surface area contributed by atoms with Crippen LogP contribution in [0.3, 0.4) is 0 Å². The summed E-state index contributed by atoms with van der Waals surface area (Å²) in [7, 11) is 0. The topological polar surface area (TPSA) is 50.7 Å². The summed E-state index contributed by atoms with van der Waals surface area (Å²) < 4.78 is 0. The Bertz CT molecular complexity index is 632. The predicted molar refractivity (Wildman–Crippen MR) is 67.1 cm³/mol. The second-order valence-corrected chi connectivity index (χ2v) is 3.57. The van der Waals surface area contributed by atoms with E-state index >= 15 is 0 Å². The molecule has 0 amide bonds. The van der Waals surface area contributed by atoms with E-state index < -0.39 is 0 Å². The number of nitrogens with one attached hydrogen (secondary N) is 1. The van der Waals surface area contributed by atoms with E-state index in [-0.39, 0.29) is 0 Å². The van der Waals surface area contributed by atoms with E-state index in [1.54, 1.807) is 24.7 Å². The quantitative estimate of drug-likeness (QED) is 0.724. The summed E-state index contributed by atoms with van der Waals surface area (Å²) in [5.74, 6) is 0.587. The van der Waals surface area contributed by atoms with Crippen molar-refractivity contribution in [3.63, 3.8) is 0 Å². The van der Waals surface area contributed by atoms with Crippen molar-refractivity contribution < 1.29 is 0 Å². The smallest absolute Gasteiger partial charge is 0.227 e. The lowest BCUT2D eigenvalue weighted by atomic mass is 10.2. The van der Waals surface area contributed by atoms with E-state index in [2.05, 4.69) is 20.3 Å². The van der Waals surface area contributed by atoms with Crippen molar-refractivity contribution in [2.24, 2.45) is 0 Å². The number of hydrogen-bond acceptors (Lipinski definition) is 4. The minimum absolute atomic E-state index is 0.587. The lowest BCUT2D eigenvalue weighted by molar-refractivity contribution is 1.17. The number of hydrogen-bond donors (Lipinski definition) is 1. The van der Waals surface area contributed by atoms with Crippen LogP contribution >= 0.6 is 0 Å². The van der Waals surface area contributed by atoms with Crippen molar-refractivity contribution in [3.8, 4) is 0 Å². The van der Waals surface area contributed by atoms with Crippen molar-refractivity contribution >= 4 is 22.5 Å². The SMILES string of the molecule is c1cnc(Nc2ccnc3ccccc23)nc1. The van der Waals surface area contributed by atoms with Crippen molar-refractivity contribution in [1.82, 2.24) is 15.0 Å². The summed E-state index contributed by atoms with van der Waals surface area (Å²) in [6.07, 6.45) is 5.19. The third-order valence-electron chi connectivity index (χ3n) is 2.46. The molecule has 0 unspecified atom stereocenters. The second-order valence-electron chi connectivity index (χ2n) is 3.57. The predicted octanol–water partition coefficient (Wildman–Crippen LogP) is 2.77. The van der Waals surface area contributed by atoms with Crippen molar-refractivity contribution in [1.29, 1.82) is 0 Å². The van der Waals surface area contributed by atoms with E-state index in [4.69, 9.17) is 0 Å². The molecule has 0 aliphatic rings. The maximum Gasteiger partial charge on any atom is 0.227 e. The zero-order valence-electron chi connectivity index (χ0n) is 9.04. The molecule has 4 nitrogen and oxygen atoms in total. The number of anilines is 2. The lowest BCUT2D eigenvalue weighted by Gasteiger charge is -2.07. The first kappa shape index (κ1) is 9.72. The van der Waals surface area contributed by atoms with Gasteiger partial charge < -0.3 is 5.32 Å². The molecule has 82 valence electrons. The van der Waals surface area contributed by atoms with Crippen LogP contribution in [0.5, 0.6) is 0 Å². The fraction of sp³-hybridized carbons (Fsp3) is 0. The summed E-state index contributed by atoms with van der Waals surface area (Å²) in [6.45, 7) is 0. The van der Waals surface area contributed by atoms with Gasteiger partial charge in [0.25, 0.3) is 0 Å². The molecule has 2 aromatic heterocycles. The molecular weight excluding hydrogens is 212 g/mol. The van der Waals surface area contributed by atoms with Gasteiger partial charge >= 0.3 is 0 Å². The summed E-state index contributed by atoms with van der Waals surface area (Å²) in [4.78, 5) is 12.6. The Hall–Kier alpha value is -2.49. The number of pyridine rings is 1. The summed E-state index contributed by atoms with van der Waals surface area (Å²) >= 11 is 0. The molecule has 4 heteroatoms. The summed E-state index contributed by atoms with van der Waals surface area (Å²) in [5.41, 5.74) is 1.91. The molecule has 3 aromatic rings. The van der Waals surface area contributed by atoms with Crippen LogP contribution in [-0.2, 0) is 0 Å². The molecule has 17 heavy (non-hydrogen) atoms. The van der Waals surface area contributed by atoms with Crippen molar-refractivity contribution in [3.05, 3.63) is 55.0 Å². The van der Waals surface area contributed by atoms with Crippen LogP contribution in [0.4, 0.5) is 11.6 Å². The van der Waals surface area contributed by atoms with Gasteiger partial charge in [-0.05, 0) is 18.2 Å². The number of aromatic nitrogens is 3. The van der Waals surface area contributed by atoms with Gasteiger partial charge in [-0.2, -0.15) is 0 Å². The highest BCUT2D eigenvalue weighted by Crippen LogP contribution is 2.22. The molecule has 0 atom stereocenters. The van der Waals surface area contributed by atoms with Gasteiger partial charge in [0.05, 0.1) is 11.2 Å². The number of para-hydroxylation sites is 1. The van der Waals surface area contributed by atoms with Crippen LogP contribution < -0.4 is 5.32 Å². The highest BCUT2D eigenvalue weighted by atomic mass is 15.1. The van der Waals surface area contributed by atoms with Gasteiger partial charge in [0.2, 0.25) is 5.95 Å². The van der Waals surface area contributed by atoms with Crippen LogP contribution in [0, 0.1) is 0 Å². The van der Waals surface area contributed by atoms with Crippen LogP contribution in [0.15, 0.2) is 55.0 Å². The largest absolute Gasteiger partial charge is 0.323 e. The fourth-order valence-corrected chi connectivity index (χ4v) is 1.69. The lowest BCUT2D eigenvalue weighted by Crippen LogP contribution is -1.96. The molecule has 0 saturated heterocycles. The number of benzene rings is 1. The number of fused-ring (bicyclic) bond motifs is 1. The molecule has 0 spiro atoms. The van der Waals surface area contributed by atoms with Gasteiger partial charge in [0.15, 0.2) is 0 Å². The zero-order valence-corrected chi connectivity index (χ0v) is 9.04. The van der Waals surface area contributed by atoms with Gasteiger partial charge in [-0.15, -0.1) is 0 Å². The molecule has 0 saturated carbocycles. The Morgan fingerprint density at radius 2 is 1.59 bits per heavy atom. The van der Waals surface area contributed by atoms with Gasteiger partial charge in [0, 0.05) is 24.0 Å². The maximum absolute atomic E-state index is 4.30. The second kappa shape index (κ2) is 4.17. The number of nitrogens with zero attached hydrogens (tertiary/aromatic N) is 3. The van der Waals surface area contributed by atoms with Gasteiger partial charge in [-0.1, -0.05) is 18.2 Å². The molecular formula is C13H10N4. The van der Waals surface area contributed by atoms with E-state index in [0.29, 0.717) is 5.95 Å². The molecule has 0 fully saturated rings. The Morgan fingerprint density at radius 1 is 0.765 bits per heavy atom. The fourth-order valence-electron chi connectivity index (χ4n) is 1.69. The van der Waals surface area contributed by atoms with Gasteiger partial charge in [0.1, 0.15) is 0 Å². The normalized spacial score (nSPS) is 10.4. The third kappa shape index (κ3) is 1.92. The minimum Gasteiger partial charge on any atom is -0.323 e. The Balaban J connectivity index is 2.06. The standard InChI is InChI=1S/C13H10N4/c1-2-5-11-10(4-1)12(6-9-14-11)17-13-15-7-3-8-16-13/h1-9H,(H,14,15,16,17). The van der Waals surface area contributed by atoms with Crippen LogP contribution in [0.25, 0.3) is 10.9 Å². The first-order valence-corrected chi connectivity index (χ1v) is 5.31. The molecule has 3 rings (SSSR count). The minimum atomic E-state index is 0.587. The molecule has 0 bridgehead atoms. The van der Waals surface area contributed by atoms with E-state index in [1.807, 2.05) is 30.3 Å². The average Bonchev–Trinajstić information content (AvgIpc) is 2.40. The van der Waals surface area contributed by atoms with Crippen molar-refractivity contribution in [2.45, 2.75) is 0 Å². The Morgan fingerprint density at radius 3 is 2.47 bits per heavy atom. The number of rotatable bonds is 2. The molecule has 1 N–H and O–H groups in total. The molecule has 1 aromatic carbocycles. The van der Waals surface area contributed by atoms with Crippen LogP contribution in [0.2, 0.25) is 0 Å².